The number of nitrogens with one attached hydrogen (secondary N) is 1. The second kappa shape index (κ2) is 5.54. The number of pyridine rings is 1. The summed E-state index contributed by atoms with van der Waals surface area (Å²) in [6.07, 6.45) is -4.56. The van der Waals surface area contributed by atoms with Crippen molar-refractivity contribution in [1.29, 1.82) is 5.26 Å². The summed E-state index contributed by atoms with van der Waals surface area (Å²) in [7, 11) is -4.21. The SMILES string of the molecule is CC(CC(F)(F)F)NS(=O)(=O)c1cccnc1C#N. The van der Waals surface area contributed by atoms with Crippen molar-refractivity contribution in [3.8, 4) is 6.07 Å². The highest BCUT2D eigenvalue weighted by molar-refractivity contribution is 7.89. The van der Waals surface area contributed by atoms with Crippen molar-refractivity contribution in [1.82, 2.24) is 9.71 Å². The molecule has 1 heterocycles. The number of aromatic nitrogens is 1. The summed E-state index contributed by atoms with van der Waals surface area (Å²) >= 11 is 0. The minimum atomic E-state index is -4.48. The third-order valence-corrected chi connectivity index (χ3v) is 3.68. The minimum Gasteiger partial charge on any atom is -0.244 e. The van der Waals surface area contributed by atoms with Gasteiger partial charge in [0.1, 0.15) is 11.0 Å². The Bertz CT molecular complexity index is 593. The number of nitrogens with zero attached hydrogens (tertiary/aromatic N) is 2. The molecule has 0 aliphatic carbocycles. The van der Waals surface area contributed by atoms with Crippen molar-refractivity contribution in [3.63, 3.8) is 0 Å². The van der Waals surface area contributed by atoms with Crippen LogP contribution in [0.3, 0.4) is 0 Å². The largest absolute Gasteiger partial charge is 0.390 e. The molecule has 0 aromatic carbocycles. The van der Waals surface area contributed by atoms with Crippen molar-refractivity contribution in [2.24, 2.45) is 0 Å². The second-order valence-electron chi connectivity index (χ2n) is 3.80. The van der Waals surface area contributed by atoms with Gasteiger partial charge in [-0.3, -0.25) is 0 Å². The van der Waals surface area contributed by atoms with Gasteiger partial charge < -0.3 is 0 Å². The van der Waals surface area contributed by atoms with Crippen molar-refractivity contribution >= 4 is 10.0 Å². The summed E-state index contributed by atoms with van der Waals surface area (Å²) in [4.78, 5) is 3.10. The van der Waals surface area contributed by atoms with Gasteiger partial charge in [0.2, 0.25) is 10.0 Å². The van der Waals surface area contributed by atoms with Crippen LogP contribution in [-0.4, -0.2) is 25.6 Å². The normalized spacial score (nSPS) is 13.8. The fourth-order valence-electron chi connectivity index (χ4n) is 1.41. The first kappa shape index (κ1) is 15.4. The molecule has 104 valence electrons. The van der Waals surface area contributed by atoms with Crippen molar-refractivity contribution in [3.05, 3.63) is 24.0 Å². The van der Waals surface area contributed by atoms with Crippen LogP contribution in [0, 0.1) is 11.3 Å². The van der Waals surface area contributed by atoms with E-state index in [0.29, 0.717) is 0 Å². The number of halogens is 3. The standard InChI is InChI=1S/C10H10F3N3O2S/c1-7(5-10(11,12)13)16-19(17,18)9-3-2-4-15-8(9)6-14/h2-4,7,16H,5H2,1H3. The molecule has 1 rings (SSSR count). The molecule has 1 aromatic heterocycles. The summed E-state index contributed by atoms with van der Waals surface area (Å²) < 4.78 is 61.9. The first-order valence-electron chi connectivity index (χ1n) is 5.10. The molecule has 1 aromatic rings. The van der Waals surface area contributed by atoms with E-state index in [0.717, 1.165) is 13.0 Å². The summed E-state index contributed by atoms with van der Waals surface area (Å²) in [6, 6.07) is 2.62. The maximum Gasteiger partial charge on any atom is 0.390 e. The molecule has 0 radical (unpaired) electrons. The summed E-state index contributed by atoms with van der Waals surface area (Å²) in [5, 5.41) is 8.72. The van der Waals surface area contributed by atoms with Crippen LogP contribution in [0.5, 0.6) is 0 Å². The van der Waals surface area contributed by atoms with Crippen LogP contribution in [0.15, 0.2) is 23.2 Å². The summed E-state index contributed by atoms with van der Waals surface area (Å²) in [5.74, 6) is 0. The van der Waals surface area contributed by atoms with Crippen molar-refractivity contribution < 1.29 is 21.6 Å². The first-order chi connectivity index (χ1) is 8.65. The number of nitriles is 1. The van der Waals surface area contributed by atoms with Gasteiger partial charge in [0.25, 0.3) is 0 Å². The molecule has 9 heteroatoms. The lowest BCUT2D eigenvalue weighted by molar-refractivity contribution is -0.137. The molecule has 19 heavy (non-hydrogen) atoms. The molecular weight excluding hydrogens is 283 g/mol. The van der Waals surface area contributed by atoms with Gasteiger partial charge in [0.15, 0.2) is 5.69 Å². The van der Waals surface area contributed by atoms with E-state index in [-0.39, 0.29) is 5.69 Å². The zero-order valence-electron chi connectivity index (χ0n) is 9.77. The van der Waals surface area contributed by atoms with Crippen molar-refractivity contribution in [2.75, 3.05) is 0 Å². The maximum atomic E-state index is 12.1. The van der Waals surface area contributed by atoms with E-state index in [2.05, 4.69) is 4.98 Å². The van der Waals surface area contributed by atoms with Crippen LogP contribution in [0.4, 0.5) is 13.2 Å². The highest BCUT2D eigenvalue weighted by Gasteiger charge is 2.32. The van der Waals surface area contributed by atoms with Gasteiger partial charge >= 0.3 is 6.18 Å². The molecule has 0 saturated carbocycles. The minimum absolute atomic E-state index is 0.366. The highest BCUT2D eigenvalue weighted by Crippen LogP contribution is 2.22. The zero-order valence-corrected chi connectivity index (χ0v) is 10.6. The van der Waals surface area contributed by atoms with Gasteiger partial charge in [0.05, 0.1) is 6.42 Å². The topological polar surface area (TPSA) is 82.8 Å². The number of rotatable bonds is 4. The molecule has 1 atom stereocenters. The highest BCUT2D eigenvalue weighted by atomic mass is 32.2. The predicted molar refractivity (Wildman–Crippen MR) is 59.4 cm³/mol. The molecule has 0 amide bonds. The van der Waals surface area contributed by atoms with Gasteiger partial charge in [-0.25, -0.2) is 18.1 Å². The number of sulfonamides is 1. The fraction of sp³-hybridized carbons (Fsp3) is 0.400. The third-order valence-electron chi connectivity index (χ3n) is 2.06. The van der Waals surface area contributed by atoms with E-state index in [1.54, 1.807) is 6.07 Å². The third kappa shape index (κ3) is 4.50. The monoisotopic (exact) mass is 293 g/mol. The molecule has 0 aliphatic heterocycles. The Morgan fingerprint density at radius 2 is 2.16 bits per heavy atom. The van der Waals surface area contributed by atoms with E-state index in [1.165, 1.54) is 12.3 Å². The quantitative estimate of drug-likeness (QED) is 0.913. The molecule has 0 aliphatic rings. The number of hydrogen-bond donors (Lipinski definition) is 1. The lowest BCUT2D eigenvalue weighted by atomic mass is 10.2. The Morgan fingerprint density at radius 3 is 2.68 bits per heavy atom. The molecule has 1 N–H and O–H groups in total. The first-order valence-corrected chi connectivity index (χ1v) is 6.58. The zero-order chi connectivity index (χ0) is 14.7. The molecular formula is C10H10F3N3O2S. The van der Waals surface area contributed by atoms with E-state index in [9.17, 15) is 21.6 Å². The molecule has 0 bridgehead atoms. The molecule has 0 saturated heterocycles. The van der Waals surface area contributed by atoms with Crippen LogP contribution in [0.25, 0.3) is 0 Å². The van der Waals surface area contributed by atoms with Gasteiger partial charge in [0, 0.05) is 12.2 Å². The van der Waals surface area contributed by atoms with Gasteiger partial charge in [-0.1, -0.05) is 0 Å². The second-order valence-corrected chi connectivity index (χ2v) is 5.49. The molecule has 0 spiro atoms. The Hall–Kier alpha value is -1.66. The fourth-order valence-corrected chi connectivity index (χ4v) is 2.76. The average Bonchev–Trinajstić information content (AvgIpc) is 2.25. The van der Waals surface area contributed by atoms with E-state index < -0.39 is 33.6 Å². The van der Waals surface area contributed by atoms with E-state index >= 15 is 0 Å². The lowest BCUT2D eigenvalue weighted by Crippen LogP contribution is -2.36. The number of hydrogen-bond acceptors (Lipinski definition) is 4. The molecule has 5 nitrogen and oxygen atoms in total. The Balaban J connectivity index is 2.97. The maximum absolute atomic E-state index is 12.1. The summed E-state index contributed by atoms with van der Waals surface area (Å²) in [5.41, 5.74) is -0.366. The van der Waals surface area contributed by atoms with E-state index in [1.807, 2.05) is 4.72 Å². The van der Waals surface area contributed by atoms with E-state index in [4.69, 9.17) is 5.26 Å². The molecule has 0 fully saturated rings. The van der Waals surface area contributed by atoms with Gasteiger partial charge in [-0.05, 0) is 19.1 Å². The summed E-state index contributed by atoms with van der Waals surface area (Å²) in [6.45, 7) is 1.09. The van der Waals surface area contributed by atoms with Crippen LogP contribution in [0.2, 0.25) is 0 Å². The van der Waals surface area contributed by atoms with Crippen molar-refractivity contribution in [2.45, 2.75) is 30.5 Å². The van der Waals surface area contributed by atoms with Gasteiger partial charge in [-0.15, -0.1) is 0 Å². The van der Waals surface area contributed by atoms with Gasteiger partial charge in [-0.2, -0.15) is 18.4 Å². The average molecular weight is 293 g/mol. The van der Waals surface area contributed by atoms with Crippen LogP contribution in [0.1, 0.15) is 19.0 Å². The van der Waals surface area contributed by atoms with Crippen LogP contribution in [-0.2, 0) is 10.0 Å². The molecule has 1 unspecified atom stereocenters. The smallest absolute Gasteiger partial charge is 0.244 e. The Labute approximate surface area is 108 Å². The van der Waals surface area contributed by atoms with Crippen LogP contribution < -0.4 is 4.72 Å². The predicted octanol–water partition coefficient (Wildman–Crippen LogP) is 1.57. The van der Waals surface area contributed by atoms with Crippen LogP contribution >= 0.6 is 0 Å². The number of alkyl halides is 3. The Kier molecular flexibility index (Phi) is 4.49. The Morgan fingerprint density at radius 1 is 1.53 bits per heavy atom. The lowest BCUT2D eigenvalue weighted by Gasteiger charge is -2.16.